The lowest BCUT2D eigenvalue weighted by molar-refractivity contribution is 0.548. The average molecular weight is 199 g/mol. The third-order valence-corrected chi connectivity index (χ3v) is 2.33. The van der Waals surface area contributed by atoms with E-state index in [-0.39, 0.29) is 5.54 Å². The van der Waals surface area contributed by atoms with Gasteiger partial charge in [0.2, 0.25) is 5.29 Å². The quantitative estimate of drug-likeness (QED) is 0.538. The lowest BCUT2D eigenvalue weighted by Crippen LogP contribution is -2.42. The van der Waals surface area contributed by atoms with Crippen molar-refractivity contribution in [1.29, 1.82) is 0 Å². The van der Waals surface area contributed by atoms with Crippen LogP contribution in [0, 0.1) is 0 Å². The summed E-state index contributed by atoms with van der Waals surface area (Å²) in [5, 5.41) is 0.313. The zero-order valence-corrected chi connectivity index (χ0v) is 8.63. The van der Waals surface area contributed by atoms with E-state index >= 15 is 0 Å². The van der Waals surface area contributed by atoms with Crippen molar-refractivity contribution in [2.24, 2.45) is 15.0 Å². The first-order valence-corrected chi connectivity index (χ1v) is 4.49. The molecule has 0 N–H and O–H groups in total. The number of rotatable bonds is 0. The van der Waals surface area contributed by atoms with Crippen molar-refractivity contribution >= 4 is 28.4 Å². The van der Waals surface area contributed by atoms with Crippen molar-refractivity contribution < 1.29 is 0 Å². The van der Waals surface area contributed by atoms with Crippen LogP contribution in [-0.2, 0) is 0 Å². The summed E-state index contributed by atoms with van der Waals surface area (Å²) in [6.07, 6.45) is 0. The Labute approximate surface area is 82.0 Å². The van der Waals surface area contributed by atoms with Crippen LogP contribution < -0.4 is 0 Å². The normalized spacial score (nSPS) is 24.9. The van der Waals surface area contributed by atoms with Crippen molar-refractivity contribution in [2.45, 2.75) is 19.4 Å². The summed E-state index contributed by atoms with van der Waals surface area (Å²) in [5.41, 5.74) is 0.596. The van der Waals surface area contributed by atoms with Crippen LogP contribution in [0.5, 0.6) is 0 Å². The van der Waals surface area contributed by atoms with E-state index in [0.29, 0.717) is 12.0 Å². The molecule has 0 aromatic carbocycles. The fourth-order valence-electron chi connectivity index (χ4n) is 1.50. The van der Waals surface area contributed by atoms with Gasteiger partial charge < -0.3 is 4.90 Å². The molecule has 2 aliphatic heterocycles. The summed E-state index contributed by atoms with van der Waals surface area (Å²) in [6, 6.07) is 0. The van der Waals surface area contributed by atoms with Crippen molar-refractivity contribution in [3.8, 4) is 0 Å². The summed E-state index contributed by atoms with van der Waals surface area (Å²) in [7, 11) is 1.95. The van der Waals surface area contributed by atoms with Crippen molar-refractivity contribution in [1.82, 2.24) is 4.90 Å². The molecule has 0 atom stereocenters. The van der Waals surface area contributed by atoms with Crippen LogP contribution in [0.1, 0.15) is 13.8 Å². The predicted molar refractivity (Wildman–Crippen MR) is 54.9 cm³/mol. The maximum atomic E-state index is 5.81. The molecular formula is C8H11ClN4. The van der Waals surface area contributed by atoms with E-state index in [0.717, 1.165) is 11.5 Å². The van der Waals surface area contributed by atoms with Gasteiger partial charge in [-0.05, 0) is 25.4 Å². The maximum absolute atomic E-state index is 5.81. The molecule has 70 valence electrons. The smallest absolute Gasteiger partial charge is 0.220 e. The van der Waals surface area contributed by atoms with Gasteiger partial charge in [0.15, 0.2) is 5.84 Å². The van der Waals surface area contributed by atoms with Crippen molar-refractivity contribution in [3.05, 3.63) is 0 Å². The second kappa shape index (κ2) is 2.54. The van der Waals surface area contributed by atoms with E-state index in [1.165, 1.54) is 0 Å². The molecule has 0 spiro atoms. The molecule has 0 radical (unpaired) electrons. The van der Waals surface area contributed by atoms with Crippen LogP contribution in [0.25, 0.3) is 0 Å². The molecule has 2 aliphatic rings. The number of aliphatic imine (C=N–C) groups is 3. The first-order valence-electron chi connectivity index (χ1n) is 4.11. The molecule has 5 heteroatoms. The fourth-order valence-corrected chi connectivity index (χ4v) is 1.79. The van der Waals surface area contributed by atoms with E-state index < -0.39 is 0 Å². The minimum Gasteiger partial charge on any atom is -0.339 e. The summed E-state index contributed by atoms with van der Waals surface area (Å²) in [6.45, 7) is 4.63. The number of hydrogen-bond acceptors (Lipinski definition) is 4. The standard InChI is InChI=1S/C8H11ClN4/c1-8(2)5-6(11-7(9)12-8)13(3)4-10-5/h4H2,1-3H3. The van der Waals surface area contributed by atoms with E-state index in [1.807, 2.05) is 25.8 Å². The van der Waals surface area contributed by atoms with Crippen LogP contribution >= 0.6 is 11.6 Å². The van der Waals surface area contributed by atoms with Gasteiger partial charge in [-0.1, -0.05) is 0 Å². The highest BCUT2D eigenvalue weighted by Gasteiger charge is 2.37. The molecule has 13 heavy (non-hydrogen) atoms. The predicted octanol–water partition coefficient (Wildman–Crippen LogP) is 1.12. The Morgan fingerprint density at radius 3 is 2.85 bits per heavy atom. The Kier molecular flexibility index (Phi) is 1.70. The van der Waals surface area contributed by atoms with Crippen molar-refractivity contribution in [3.63, 3.8) is 0 Å². The van der Waals surface area contributed by atoms with E-state index in [9.17, 15) is 0 Å². The highest BCUT2D eigenvalue weighted by Crippen LogP contribution is 2.23. The number of nitrogens with zero attached hydrogens (tertiary/aromatic N) is 4. The first-order chi connectivity index (χ1) is 6.00. The van der Waals surface area contributed by atoms with E-state index in [2.05, 4.69) is 15.0 Å². The summed E-state index contributed by atoms with van der Waals surface area (Å²) in [4.78, 5) is 14.7. The molecule has 2 heterocycles. The lowest BCUT2D eigenvalue weighted by atomic mass is 9.97. The molecule has 0 fully saturated rings. The Hall–Kier alpha value is -0.900. The molecule has 4 nitrogen and oxygen atoms in total. The van der Waals surface area contributed by atoms with Gasteiger partial charge in [-0.2, -0.15) is 4.99 Å². The number of hydrogen-bond donors (Lipinski definition) is 0. The van der Waals surface area contributed by atoms with Crippen LogP contribution in [0.15, 0.2) is 15.0 Å². The second-order valence-corrected chi connectivity index (χ2v) is 4.06. The van der Waals surface area contributed by atoms with Crippen molar-refractivity contribution in [2.75, 3.05) is 13.7 Å². The third-order valence-electron chi connectivity index (χ3n) is 2.16. The molecule has 0 aliphatic carbocycles. The summed E-state index contributed by atoms with van der Waals surface area (Å²) in [5.74, 6) is 0.852. The Bertz CT molecular complexity index is 340. The molecule has 2 rings (SSSR count). The number of fused-ring (bicyclic) bond motifs is 1. The Morgan fingerprint density at radius 2 is 2.15 bits per heavy atom. The summed E-state index contributed by atoms with van der Waals surface area (Å²) >= 11 is 5.81. The molecule has 0 unspecified atom stereocenters. The fraction of sp³-hybridized carbons (Fsp3) is 0.625. The second-order valence-electron chi connectivity index (χ2n) is 3.72. The largest absolute Gasteiger partial charge is 0.339 e. The topological polar surface area (TPSA) is 40.3 Å². The zero-order chi connectivity index (χ0) is 9.64. The SMILES string of the molecule is CN1CN=C2C1=NC(Cl)=NC2(C)C. The molecule has 0 aromatic heterocycles. The highest BCUT2D eigenvalue weighted by molar-refractivity contribution is 6.68. The van der Waals surface area contributed by atoms with Crippen LogP contribution in [-0.4, -0.2) is 41.0 Å². The number of halogens is 1. The monoisotopic (exact) mass is 198 g/mol. The molecule has 0 bridgehead atoms. The molecule has 0 saturated heterocycles. The third kappa shape index (κ3) is 1.25. The molecule has 0 saturated carbocycles. The van der Waals surface area contributed by atoms with Gasteiger partial charge in [-0.15, -0.1) is 0 Å². The van der Waals surface area contributed by atoms with E-state index in [4.69, 9.17) is 11.6 Å². The highest BCUT2D eigenvalue weighted by atomic mass is 35.5. The van der Waals surface area contributed by atoms with Crippen LogP contribution in [0.3, 0.4) is 0 Å². The first kappa shape index (κ1) is 8.69. The van der Waals surface area contributed by atoms with Gasteiger partial charge in [-0.3, -0.25) is 4.99 Å². The minimum atomic E-state index is -0.334. The molecular weight excluding hydrogens is 188 g/mol. The van der Waals surface area contributed by atoms with Gasteiger partial charge >= 0.3 is 0 Å². The molecule has 0 amide bonds. The van der Waals surface area contributed by atoms with Gasteiger partial charge in [-0.25, -0.2) is 4.99 Å². The Morgan fingerprint density at radius 1 is 1.46 bits per heavy atom. The molecule has 0 aromatic rings. The lowest BCUT2D eigenvalue weighted by Gasteiger charge is -2.25. The van der Waals surface area contributed by atoms with Gasteiger partial charge in [0.05, 0.1) is 0 Å². The van der Waals surface area contributed by atoms with Crippen LogP contribution in [0.2, 0.25) is 0 Å². The summed E-state index contributed by atoms with van der Waals surface area (Å²) < 4.78 is 0. The average Bonchev–Trinajstić information content (AvgIpc) is 2.31. The van der Waals surface area contributed by atoms with Gasteiger partial charge in [0.1, 0.15) is 17.9 Å². The number of amidine groups is 2. The van der Waals surface area contributed by atoms with E-state index in [1.54, 1.807) is 0 Å². The van der Waals surface area contributed by atoms with Gasteiger partial charge in [0.25, 0.3) is 0 Å². The van der Waals surface area contributed by atoms with Gasteiger partial charge in [0, 0.05) is 7.05 Å². The Balaban J connectivity index is 2.49. The minimum absolute atomic E-state index is 0.313. The van der Waals surface area contributed by atoms with Crippen LogP contribution in [0.4, 0.5) is 0 Å². The zero-order valence-electron chi connectivity index (χ0n) is 7.87. The maximum Gasteiger partial charge on any atom is 0.220 e.